The molecule has 1 aromatic carbocycles. The fraction of sp³-hybridized carbons (Fsp3) is 0.316. The first-order valence-electron chi connectivity index (χ1n) is 8.53. The van der Waals surface area contributed by atoms with Crippen molar-refractivity contribution in [2.24, 2.45) is 0 Å². The minimum absolute atomic E-state index is 0.213. The van der Waals surface area contributed by atoms with Gasteiger partial charge in [-0.15, -0.1) is 5.10 Å². The summed E-state index contributed by atoms with van der Waals surface area (Å²) in [5.74, 6) is -0.253. The van der Waals surface area contributed by atoms with Crippen molar-refractivity contribution < 1.29 is 4.79 Å². The standard InChI is InChI=1S/C19H21ClN6O/c1-12-9-13(15-7-8-21-18(20)23-15)5-6-14(12)10-22-17(27)16-11-26(25-24-16)19(2,3)4/h5-9,11H,10H2,1-4H3,(H,22,27). The van der Waals surface area contributed by atoms with Gasteiger partial charge in [0, 0.05) is 18.3 Å². The van der Waals surface area contributed by atoms with Crippen LogP contribution in [-0.2, 0) is 12.1 Å². The van der Waals surface area contributed by atoms with Crippen LogP contribution in [0, 0.1) is 6.92 Å². The zero-order valence-corrected chi connectivity index (χ0v) is 16.4. The van der Waals surface area contributed by atoms with E-state index in [1.54, 1.807) is 23.1 Å². The number of aryl methyl sites for hydroxylation is 1. The van der Waals surface area contributed by atoms with Gasteiger partial charge in [-0.25, -0.2) is 14.6 Å². The monoisotopic (exact) mass is 384 g/mol. The maximum Gasteiger partial charge on any atom is 0.273 e. The predicted molar refractivity (Wildman–Crippen MR) is 103 cm³/mol. The molecule has 0 saturated carbocycles. The van der Waals surface area contributed by atoms with Crippen molar-refractivity contribution in [1.29, 1.82) is 0 Å². The van der Waals surface area contributed by atoms with Crippen LogP contribution in [0.3, 0.4) is 0 Å². The summed E-state index contributed by atoms with van der Waals surface area (Å²) in [6.45, 7) is 8.39. The highest BCUT2D eigenvalue weighted by molar-refractivity contribution is 6.28. The van der Waals surface area contributed by atoms with Crippen molar-refractivity contribution >= 4 is 17.5 Å². The third-order valence-corrected chi connectivity index (χ3v) is 4.30. The number of benzene rings is 1. The first-order valence-corrected chi connectivity index (χ1v) is 8.91. The molecule has 1 amide bonds. The zero-order valence-electron chi connectivity index (χ0n) is 15.7. The van der Waals surface area contributed by atoms with Gasteiger partial charge in [0.1, 0.15) is 0 Å². The van der Waals surface area contributed by atoms with Crippen LogP contribution in [0.25, 0.3) is 11.3 Å². The summed E-state index contributed by atoms with van der Waals surface area (Å²) in [5, 5.41) is 11.1. The van der Waals surface area contributed by atoms with Gasteiger partial charge in [0.05, 0.1) is 17.4 Å². The molecule has 0 aliphatic rings. The third kappa shape index (κ3) is 4.49. The maximum absolute atomic E-state index is 12.3. The molecular weight excluding hydrogens is 364 g/mol. The smallest absolute Gasteiger partial charge is 0.273 e. The summed E-state index contributed by atoms with van der Waals surface area (Å²) in [4.78, 5) is 20.4. The number of rotatable bonds is 4. The van der Waals surface area contributed by atoms with E-state index >= 15 is 0 Å². The summed E-state index contributed by atoms with van der Waals surface area (Å²) >= 11 is 5.86. The lowest BCUT2D eigenvalue weighted by atomic mass is 10.0. The Hall–Kier alpha value is -2.80. The number of carbonyl (C=O) groups excluding carboxylic acids is 1. The van der Waals surface area contributed by atoms with Gasteiger partial charge in [-0.1, -0.05) is 17.3 Å². The number of halogens is 1. The molecule has 0 radical (unpaired) electrons. The molecule has 2 aromatic heterocycles. The molecule has 0 aliphatic carbocycles. The highest BCUT2D eigenvalue weighted by atomic mass is 35.5. The Kier molecular flexibility index (Phi) is 5.23. The van der Waals surface area contributed by atoms with Crippen LogP contribution in [0.1, 0.15) is 42.4 Å². The van der Waals surface area contributed by atoms with E-state index in [1.807, 2.05) is 45.9 Å². The van der Waals surface area contributed by atoms with Gasteiger partial charge in [0.15, 0.2) is 5.69 Å². The molecule has 0 atom stereocenters. The molecule has 0 aliphatic heterocycles. The van der Waals surface area contributed by atoms with Gasteiger partial charge < -0.3 is 5.32 Å². The minimum Gasteiger partial charge on any atom is -0.347 e. The van der Waals surface area contributed by atoms with E-state index in [0.717, 1.165) is 22.4 Å². The van der Waals surface area contributed by atoms with Crippen LogP contribution in [0.15, 0.2) is 36.7 Å². The van der Waals surface area contributed by atoms with Crippen molar-refractivity contribution in [2.45, 2.75) is 39.8 Å². The van der Waals surface area contributed by atoms with Crippen molar-refractivity contribution in [3.8, 4) is 11.3 Å². The molecule has 27 heavy (non-hydrogen) atoms. The molecule has 0 spiro atoms. The topological polar surface area (TPSA) is 85.6 Å². The quantitative estimate of drug-likeness (QED) is 0.697. The lowest BCUT2D eigenvalue weighted by molar-refractivity contribution is 0.0946. The second-order valence-electron chi connectivity index (χ2n) is 7.25. The summed E-state index contributed by atoms with van der Waals surface area (Å²) in [6.07, 6.45) is 3.28. The number of hydrogen-bond acceptors (Lipinski definition) is 5. The molecule has 0 bridgehead atoms. The fourth-order valence-electron chi connectivity index (χ4n) is 2.51. The van der Waals surface area contributed by atoms with Crippen molar-refractivity contribution in [1.82, 2.24) is 30.3 Å². The normalized spacial score (nSPS) is 11.4. The van der Waals surface area contributed by atoms with Crippen LogP contribution in [0.5, 0.6) is 0 Å². The van der Waals surface area contributed by atoms with E-state index in [9.17, 15) is 4.79 Å². The van der Waals surface area contributed by atoms with Crippen LogP contribution in [0.2, 0.25) is 5.28 Å². The first-order chi connectivity index (χ1) is 12.7. The Labute approximate surface area is 162 Å². The summed E-state index contributed by atoms with van der Waals surface area (Å²) in [6, 6.07) is 7.73. The molecule has 0 fully saturated rings. The van der Waals surface area contributed by atoms with E-state index in [-0.39, 0.29) is 16.7 Å². The van der Waals surface area contributed by atoms with Crippen molar-refractivity contribution in [2.75, 3.05) is 0 Å². The molecule has 7 nitrogen and oxygen atoms in total. The van der Waals surface area contributed by atoms with Crippen LogP contribution in [0.4, 0.5) is 0 Å². The average molecular weight is 385 g/mol. The molecule has 0 saturated heterocycles. The Balaban J connectivity index is 1.69. The van der Waals surface area contributed by atoms with E-state index in [0.29, 0.717) is 12.2 Å². The van der Waals surface area contributed by atoms with E-state index in [1.165, 1.54) is 0 Å². The third-order valence-electron chi connectivity index (χ3n) is 4.12. The average Bonchev–Trinajstić information content (AvgIpc) is 3.11. The van der Waals surface area contributed by atoms with E-state index in [2.05, 4.69) is 25.6 Å². The van der Waals surface area contributed by atoms with E-state index < -0.39 is 0 Å². The Morgan fingerprint density at radius 1 is 1.26 bits per heavy atom. The van der Waals surface area contributed by atoms with Gasteiger partial charge in [-0.3, -0.25) is 4.79 Å². The number of hydrogen-bond donors (Lipinski definition) is 1. The zero-order chi connectivity index (χ0) is 19.6. The molecule has 8 heteroatoms. The maximum atomic E-state index is 12.3. The first kappa shape index (κ1) is 19.0. The molecule has 0 unspecified atom stereocenters. The number of aromatic nitrogens is 5. The predicted octanol–water partition coefficient (Wildman–Crippen LogP) is 3.38. The van der Waals surface area contributed by atoms with E-state index in [4.69, 9.17) is 11.6 Å². The lowest BCUT2D eigenvalue weighted by Crippen LogP contribution is -2.24. The van der Waals surface area contributed by atoms with Crippen LogP contribution in [-0.4, -0.2) is 30.9 Å². The van der Waals surface area contributed by atoms with Crippen LogP contribution < -0.4 is 5.32 Å². The fourth-order valence-corrected chi connectivity index (χ4v) is 2.66. The molecule has 3 aromatic rings. The number of carbonyl (C=O) groups is 1. The molecule has 1 N–H and O–H groups in total. The highest BCUT2D eigenvalue weighted by Gasteiger charge is 2.18. The Morgan fingerprint density at radius 3 is 2.67 bits per heavy atom. The van der Waals surface area contributed by atoms with Crippen molar-refractivity contribution in [3.63, 3.8) is 0 Å². The van der Waals surface area contributed by atoms with Gasteiger partial charge in [0.2, 0.25) is 5.28 Å². The number of nitrogens with zero attached hydrogens (tertiary/aromatic N) is 5. The van der Waals surface area contributed by atoms with Gasteiger partial charge in [0.25, 0.3) is 5.91 Å². The molecule has 140 valence electrons. The molecule has 3 rings (SSSR count). The van der Waals surface area contributed by atoms with Gasteiger partial charge in [-0.2, -0.15) is 0 Å². The Bertz CT molecular complexity index is 976. The largest absolute Gasteiger partial charge is 0.347 e. The minimum atomic E-state index is -0.253. The second kappa shape index (κ2) is 7.44. The number of nitrogens with one attached hydrogen (secondary N) is 1. The highest BCUT2D eigenvalue weighted by Crippen LogP contribution is 2.21. The number of amides is 1. The molecule has 2 heterocycles. The molecular formula is C19H21ClN6O. The second-order valence-corrected chi connectivity index (χ2v) is 7.59. The van der Waals surface area contributed by atoms with Gasteiger partial charge in [-0.05, 0) is 62.6 Å². The van der Waals surface area contributed by atoms with Crippen molar-refractivity contribution in [3.05, 3.63) is 58.8 Å². The van der Waals surface area contributed by atoms with Gasteiger partial charge >= 0.3 is 0 Å². The SMILES string of the molecule is Cc1cc(-c2ccnc(Cl)n2)ccc1CNC(=O)c1cn(C(C)(C)C)nn1. The lowest BCUT2D eigenvalue weighted by Gasteiger charge is -2.17. The summed E-state index contributed by atoms with van der Waals surface area (Å²) in [7, 11) is 0. The van der Waals surface area contributed by atoms with Crippen LogP contribution >= 0.6 is 11.6 Å². The summed E-state index contributed by atoms with van der Waals surface area (Å²) < 4.78 is 1.68. The summed E-state index contributed by atoms with van der Waals surface area (Å²) in [5.41, 5.74) is 3.83. The Morgan fingerprint density at radius 2 is 2.04 bits per heavy atom.